The number of amides is 1. The van der Waals surface area contributed by atoms with Crippen molar-refractivity contribution < 1.29 is 9.53 Å². The second-order valence-corrected chi connectivity index (χ2v) is 6.18. The zero-order valence-electron chi connectivity index (χ0n) is 14.4. The Balaban J connectivity index is 1.63. The number of hydrogen-bond donors (Lipinski definition) is 1. The molecule has 0 aromatic heterocycles. The van der Waals surface area contributed by atoms with Crippen LogP contribution in [-0.4, -0.2) is 25.6 Å². The molecule has 4 heteroatoms. The van der Waals surface area contributed by atoms with E-state index in [-0.39, 0.29) is 5.91 Å². The number of rotatable bonds is 6. The lowest BCUT2D eigenvalue weighted by atomic mass is 10.1. The van der Waals surface area contributed by atoms with Crippen LogP contribution in [0.1, 0.15) is 29.6 Å². The van der Waals surface area contributed by atoms with Crippen molar-refractivity contribution in [2.45, 2.75) is 19.3 Å². The van der Waals surface area contributed by atoms with E-state index in [0.29, 0.717) is 23.6 Å². The van der Waals surface area contributed by atoms with Gasteiger partial charge >= 0.3 is 0 Å². The van der Waals surface area contributed by atoms with Gasteiger partial charge in [-0.05, 0) is 55.7 Å². The van der Waals surface area contributed by atoms with E-state index < -0.39 is 0 Å². The molecule has 0 unspecified atom stereocenters. The summed E-state index contributed by atoms with van der Waals surface area (Å²) in [5.74, 6) is 0.587. The highest BCUT2D eigenvalue weighted by Crippen LogP contribution is 2.21. The van der Waals surface area contributed by atoms with Crippen molar-refractivity contribution >= 4 is 17.3 Å². The average molecular weight is 336 g/mol. The van der Waals surface area contributed by atoms with E-state index in [2.05, 4.69) is 16.8 Å². The molecule has 1 N–H and O–H groups in total. The van der Waals surface area contributed by atoms with Crippen molar-refractivity contribution in [1.29, 1.82) is 0 Å². The van der Waals surface area contributed by atoms with E-state index in [4.69, 9.17) is 4.74 Å². The summed E-state index contributed by atoms with van der Waals surface area (Å²) in [5.41, 5.74) is 2.56. The third-order valence-electron chi connectivity index (χ3n) is 4.31. The molecule has 2 aromatic rings. The molecule has 1 amide bonds. The van der Waals surface area contributed by atoms with E-state index >= 15 is 0 Å². The fourth-order valence-corrected chi connectivity index (χ4v) is 3.00. The quantitative estimate of drug-likeness (QED) is 0.790. The van der Waals surface area contributed by atoms with Crippen LogP contribution in [-0.2, 0) is 0 Å². The van der Waals surface area contributed by atoms with E-state index in [0.717, 1.165) is 13.1 Å². The van der Waals surface area contributed by atoms with Gasteiger partial charge in [0, 0.05) is 36.1 Å². The standard InChI is InChI=1S/C21H24N2O2/c1-2-15-25-20-8-6-7-18(16-20)22-21(24)17-9-11-19(12-10-17)23-13-4-3-5-14-23/h2,6-12,16H,1,3-5,13-15H2,(H,22,24). The summed E-state index contributed by atoms with van der Waals surface area (Å²) in [7, 11) is 0. The number of anilines is 2. The van der Waals surface area contributed by atoms with Crippen LogP contribution < -0.4 is 15.0 Å². The summed E-state index contributed by atoms with van der Waals surface area (Å²) in [5, 5.41) is 2.92. The Morgan fingerprint density at radius 1 is 1.12 bits per heavy atom. The molecule has 1 saturated heterocycles. The molecule has 130 valence electrons. The van der Waals surface area contributed by atoms with Crippen LogP contribution in [0.25, 0.3) is 0 Å². The highest BCUT2D eigenvalue weighted by molar-refractivity contribution is 6.04. The number of ether oxygens (including phenoxy) is 1. The first-order chi connectivity index (χ1) is 12.3. The molecule has 4 nitrogen and oxygen atoms in total. The van der Waals surface area contributed by atoms with Crippen LogP contribution in [0.2, 0.25) is 0 Å². The number of benzene rings is 2. The molecular weight excluding hydrogens is 312 g/mol. The van der Waals surface area contributed by atoms with Gasteiger partial charge in [-0.3, -0.25) is 4.79 Å². The van der Waals surface area contributed by atoms with Gasteiger partial charge in [0.15, 0.2) is 0 Å². The Bertz CT molecular complexity index is 719. The number of carbonyl (C=O) groups excluding carboxylic acids is 1. The molecule has 1 fully saturated rings. The number of hydrogen-bond acceptors (Lipinski definition) is 3. The maximum absolute atomic E-state index is 12.4. The van der Waals surface area contributed by atoms with Crippen LogP contribution in [0.15, 0.2) is 61.2 Å². The minimum absolute atomic E-state index is 0.119. The maximum Gasteiger partial charge on any atom is 0.255 e. The van der Waals surface area contributed by atoms with Crippen LogP contribution in [0.5, 0.6) is 5.75 Å². The Morgan fingerprint density at radius 2 is 1.88 bits per heavy atom. The fourth-order valence-electron chi connectivity index (χ4n) is 3.00. The van der Waals surface area contributed by atoms with Gasteiger partial charge in [-0.25, -0.2) is 0 Å². The number of nitrogens with zero attached hydrogens (tertiary/aromatic N) is 1. The predicted molar refractivity (Wildman–Crippen MR) is 103 cm³/mol. The SMILES string of the molecule is C=CCOc1cccc(NC(=O)c2ccc(N3CCCCC3)cc2)c1. The van der Waals surface area contributed by atoms with Crippen molar-refractivity contribution in [2.75, 3.05) is 29.9 Å². The molecule has 0 radical (unpaired) electrons. The number of nitrogens with one attached hydrogen (secondary N) is 1. The van der Waals surface area contributed by atoms with Crippen molar-refractivity contribution in [3.8, 4) is 5.75 Å². The van der Waals surface area contributed by atoms with Crippen molar-refractivity contribution in [2.24, 2.45) is 0 Å². The molecule has 0 spiro atoms. The van der Waals surface area contributed by atoms with Crippen LogP contribution in [0.3, 0.4) is 0 Å². The summed E-state index contributed by atoms with van der Waals surface area (Å²) in [6.45, 7) is 6.27. The Kier molecular flexibility index (Phi) is 5.73. The molecular formula is C21H24N2O2. The topological polar surface area (TPSA) is 41.6 Å². The van der Waals surface area contributed by atoms with E-state index in [1.54, 1.807) is 6.08 Å². The fraction of sp³-hybridized carbons (Fsp3) is 0.286. The molecule has 0 saturated carbocycles. The molecule has 1 aliphatic heterocycles. The molecule has 1 aliphatic rings. The van der Waals surface area contributed by atoms with Gasteiger partial charge < -0.3 is 15.0 Å². The Morgan fingerprint density at radius 3 is 2.60 bits per heavy atom. The van der Waals surface area contributed by atoms with Crippen molar-refractivity contribution in [3.05, 3.63) is 66.7 Å². The van der Waals surface area contributed by atoms with Crippen LogP contribution in [0, 0.1) is 0 Å². The van der Waals surface area contributed by atoms with Crippen molar-refractivity contribution in [1.82, 2.24) is 0 Å². The van der Waals surface area contributed by atoms with Gasteiger partial charge in [-0.15, -0.1) is 0 Å². The third kappa shape index (κ3) is 4.63. The summed E-state index contributed by atoms with van der Waals surface area (Å²) in [6, 6.07) is 15.2. The monoisotopic (exact) mass is 336 g/mol. The lowest BCUT2D eigenvalue weighted by Crippen LogP contribution is -2.29. The summed E-state index contributed by atoms with van der Waals surface area (Å²) in [6.07, 6.45) is 5.49. The van der Waals surface area contributed by atoms with Gasteiger partial charge in [0.05, 0.1) is 0 Å². The minimum atomic E-state index is -0.119. The second kappa shape index (κ2) is 8.38. The average Bonchev–Trinajstić information content (AvgIpc) is 2.67. The van der Waals surface area contributed by atoms with Gasteiger partial charge in [0.1, 0.15) is 12.4 Å². The molecule has 2 aromatic carbocycles. The van der Waals surface area contributed by atoms with Gasteiger partial charge in [0.25, 0.3) is 5.91 Å². The van der Waals surface area contributed by atoms with Gasteiger partial charge in [0.2, 0.25) is 0 Å². The number of carbonyl (C=O) groups is 1. The second-order valence-electron chi connectivity index (χ2n) is 6.18. The normalized spacial score (nSPS) is 14.0. The lowest BCUT2D eigenvalue weighted by Gasteiger charge is -2.28. The Labute approximate surface area is 149 Å². The summed E-state index contributed by atoms with van der Waals surface area (Å²) in [4.78, 5) is 14.8. The molecule has 0 atom stereocenters. The Hall–Kier alpha value is -2.75. The van der Waals surface area contributed by atoms with E-state index in [9.17, 15) is 4.79 Å². The van der Waals surface area contributed by atoms with Gasteiger partial charge in [-0.2, -0.15) is 0 Å². The largest absolute Gasteiger partial charge is 0.489 e. The minimum Gasteiger partial charge on any atom is -0.489 e. The highest BCUT2D eigenvalue weighted by Gasteiger charge is 2.12. The first kappa shape index (κ1) is 17.1. The third-order valence-corrected chi connectivity index (χ3v) is 4.31. The van der Waals surface area contributed by atoms with Crippen molar-refractivity contribution in [3.63, 3.8) is 0 Å². The zero-order valence-corrected chi connectivity index (χ0v) is 14.4. The molecule has 25 heavy (non-hydrogen) atoms. The smallest absolute Gasteiger partial charge is 0.255 e. The first-order valence-corrected chi connectivity index (χ1v) is 8.76. The maximum atomic E-state index is 12.4. The molecule has 0 bridgehead atoms. The van der Waals surface area contributed by atoms with Crippen LogP contribution >= 0.6 is 0 Å². The van der Waals surface area contributed by atoms with E-state index in [1.807, 2.05) is 48.5 Å². The van der Waals surface area contributed by atoms with Crippen LogP contribution in [0.4, 0.5) is 11.4 Å². The molecule has 0 aliphatic carbocycles. The lowest BCUT2D eigenvalue weighted by molar-refractivity contribution is 0.102. The summed E-state index contributed by atoms with van der Waals surface area (Å²) >= 11 is 0. The highest BCUT2D eigenvalue weighted by atomic mass is 16.5. The zero-order chi connectivity index (χ0) is 17.5. The van der Waals surface area contributed by atoms with E-state index in [1.165, 1.54) is 24.9 Å². The predicted octanol–water partition coefficient (Wildman–Crippen LogP) is 4.49. The molecule has 3 rings (SSSR count). The van der Waals surface area contributed by atoms with Gasteiger partial charge in [-0.1, -0.05) is 18.7 Å². The first-order valence-electron chi connectivity index (χ1n) is 8.76. The number of piperidine rings is 1. The summed E-state index contributed by atoms with van der Waals surface area (Å²) < 4.78 is 5.49. The molecule has 1 heterocycles.